The van der Waals surface area contributed by atoms with Crippen molar-refractivity contribution in [2.24, 2.45) is 16.2 Å². The molecule has 2 bridgehead atoms. The molecule has 8 heteroatoms. The fourth-order valence-corrected chi connectivity index (χ4v) is 6.27. The molecule has 3 aliphatic carbocycles. The fraction of sp³-hybridized carbons (Fsp3) is 0.640. The third-order valence-electron chi connectivity index (χ3n) is 8.44. The molecule has 2 aliphatic heterocycles. The van der Waals surface area contributed by atoms with Crippen molar-refractivity contribution in [3.63, 3.8) is 0 Å². The number of ether oxygens (including phenoxy) is 1. The van der Waals surface area contributed by atoms with Crippen molar-refractivity contribution in [2.75, 3.05) is 6.61 Å². The first-order chi connectivity index (χ1) is 15.5. The molecule has 3 amide bonds. The zero-order valence-electron chi connectivity index (χ0n) is 19.6. The molecule has 1 saturated heterocycles. The molecule has 1 aromatic rings. The van der Waals surface area contributed by atoms with Gasteiger partial charge in [-0.1, -0.05) is 32.9 Å². The van der Waals surface area contributed by atoms with Gasteiger partial charge in [0.05, 0.1) is 12.6 Å². The molecule has 2 unspecified atom stereocenters. The second-order valence-electron chi connectivity index (χ2n) is 11.5. The predicted octanol–water partition coefficient (Wildman–Crippen LogP) is 2.74. The Morgan fingerprint density at radius 2 is 2.00 bits per heavy atom. The molecule has 5 aliphatic rings. The number of hydrogen-bond acceptors (Lipinski definition) is 6. The van der Waals surface area contributed by atoms with E-state index >= 15 is 0 Å². The molecule has 8 nitrogen and oxygen atoms in total. The highest BCUT2D eigenvalue weighted by atomic mass is 16.5. The Morgan fingerprint density at radius 3 is 2.67 bits per heavy atom. The Bertz CT molecular complexity index is 994. The van der Waals surface area contributed by atoms with E-state index < -0.39 is 18.4 Å². The largest absolute Gasteiger partial charge is 0.449 e. The van der Waals surface area contributed by atoms with E-state index in [9.17, 15) is 19.5 Å². The summed E-state index contributed by atoms with van der Waals surface area (Å²) in [4.78, 5) is 37.6. The van der Waals surface area contributed by atoms with Gasteiger partial charge in [-0.25, -0.2) is 4.79 Å². The average Bonchev–Trinajstić information content (AvgIpc) is 2.99. The van der Waals surface area contributed by atoms with E-state index in [1.165, 1.54) is 0 Å². The van der Waals surface area contributed by atoms with Gasteiger partial charge in [0.1, 0.15) is 6.23 Å². The lowest BCUT2D eigenvalue weighted by atomic mass is 9.29. The third kappa shape index (κ3) is 3.73. The number of aliphatic hydroxyl groups is 1. The number of rotatable bonds is 5. The van der Waals surface area contributed by atoms with Gasteiger partial charge in [-0.05, 0) is 53.7 Å². The Labute approximate surface area is 194 Å². The van der Waals surface area contributed by atoms with E-state index in [0.717, 1.165) is 36.0 Å². The Kier molecular flexibility index (Phi) is 5.10. The maximum Gasteiger partial charge on any atom is 0.407 e. The van der Waals surface area contributed by atoms with Crippen LogP contribution in [0.5, 0.6) is 0 Å². The van der Waals surface area contributed by atoms with Crippen molar-refractivity contribution in [1.82, 2.24) is 15.5 Å². The molecule has 0 aromatic heterocycles. The van der Waals surface area contributed by atoms with Crippen LogP contribution in [0.2, 0.25) is 0 Å². The monoisotopic (exact) mass is 455 g/mol. The first-order valence-corrected chi connectivity index (χ1v) is 11.8. The number of fused-ring (bicyclic) bond motifs is 1. The van der Waals surface area contributed by atoms with Gasteiger partial charge in [-0.2, -0.15) is 0 Å². The highest BCUT2D eigenvalue weighted by Crippen LogP contribution is 2.79. The Hall–Kier alpha value is -2.45. The van der Waals surface area contributed by atoms with Crippen LogP contribution in [0.4, 0.5) is 4.79 Å². The van der Waals surface area contributed by atoms with Gasteiger partial charge >= 0.3 is 6.09 Å². The van der Waals surface area contributed by atoms with Crippen molar-refractivity contribution in [3.05, 3.63) is 34.9 Å². The molecule has 2 atom stereocenters. The molecule has 6 rings (SSSR count). The molecule has 3 N–H and O–H groups in total. The number of nitrogens with zero attached hydrogens (tertiary/aromatic N) is 1. The van der Waals surface area contributed by atoms with E-state index in [1.54, 1.807) is 4.90 Å². The molecular weight excluding hydrogens is 422 g/mol. The second kappa shape index (κ2) is 7.53. The summed E-state index contributed by atoms with van der Waals surface area (Å²) in [6, 6.07) is 5.16. The van der Waals surface area contributed by atoms with Crippen molar-refractivity contribution in [3.8, 4) is 0 Å². The maximum absolute atomic E-state index is 12.3. The van der Waals surface area contributed by atoms with Gasteiger partial charge in [0.2, 0.25) is 11.8 Å². The molecule has 33 heavy (non-hydrogen) atoms. The summed E-state index contributed by atoms with van der Waals surface area (Å²) in [5.74, 6) is -0.634. The Morgan fingerprint density at radius 1 is 1.27 bits per heavy atom. The highest BCUT2D eigenvalue weighted by molar-refractivity contribution is 6.00. The quantitative estimate of drug-likeness (QED) is 0.590. The molecular formula is C25H33N3O5. The van der Waals surface area contributed by atoms with E-state index in [4.69, 9.17) is 4.74 Å². The van der Waals surface area contributed by atoms with Gasteiger partial charge in [0, 0.05) is 30.5 Å². The summed E-state index contributed by atoms with van der Waals surface area (Å²) in [6.07, 6.45) is 2.75. The first kappa shape index (κ1) is 22.3. The van der Waals surface area contributed by atoms with Crippen molar-refractivity contribution >= 4 is 17.9 Å². The standard InChI is InChI=1S/C25H33N3O5/c1-23(2,3)25-11-24(12-25,13-25)14-33-22(32)26-9-15-4-5-16-10-28(21(31)17(16)8-15)18-6-7-19(29)27-20(18)30/h4-5,8,18,21,31H,6-7,9-14H2,1-3H3,(H,26,32)(H,27,29,30). The number of carbonyl (C=O) groups excluding carboxylic acids is 3. The smallest absolute Gasteiger partial charge is 0.407 e. The van der Waals surface area contributed by atoms with Crippen LogP contribution in [0.1, 0.15) is 75.8 Å². The number of alkyl carbamates (subject to hydrolysis) is 1. The Balaban J connectivity index is 1.12. The highest BCUT2D eigenvalue weighted by Gasteiger charge is 2.71. The van der Waals surface area contributed by atoms with Crippen molar-refractivity contribution < 1.29 is 24.2 Å². The third-order valence-corrected chi connectivity index (χ3v) is 8.44. The van der Waals surface area contributed by atoms with E-state index in [0.29, 0.717) is 36.9 Å². The number of piperidine rings is 1. The number of imide groups is 1. The normalized spacial score (nSPS) is 33.0. The van der Waals surface area contributed by atoms with E-state index in [2.05, 4.69) is 31.4 Å². The summed E-state index contributed by atoms with van der Waals surface area (Å²) >= 11 is 0. The first-order valence-electron chi connectivity index (χ1n) is 11.8. The van der Waals surface area contributed by atoms with Gasteiger partial charge in [-0.3, -0.25) is 19.8 Å². The summed E-state index contributed by atoms with van der Waals surface area (Å²) in [5, 5.41) is 16.0. The summed E-state index contributed by atoms with van der Waals surface area (Å²) in [6.45, 7) is 8.09. The van der Waals surface area contributed by atoms with Crippen LogP contribution in [0, 0.1) is 16.2 Å². The number of aliphatic hydroxyl groups excluding tert-OH is 1. The van der Waals surface area contributed by atoms with Crippen LogP contribution in [-0.4, -0.2) is 40.6 Å². The van der Waals surface area contributed by atoms with Gasteiger partial charge in [-0.15, -0.1) is 0 Å². The lowest BCUT2D eigenvalue weighted by Gasteiger charge is -2.75. The van der Waals surface area contributed by atoms with E-state index in [-0.39, 0.29) is 23.7 Å². The van der Waals surface area contributed by atoms with Crippen LogP contribution < -0.4 is 10.6 Å². The number of hydrogen-bond donors (Lipinski definition) is 3. The minimum absolute atomic E-state index is 0.182. The van der Waals surface area contributed by atoms with Crippen LogP contribution in [0.25, 0.3) is 0 Å². The average molecular weight is 456 g/mol. The number of nitrogens with one attached hydrogen (secondary N) is 2. The van der Waals surface area contributed by atoms with E-state index in [1.807, 2.05) is 18.2 Å². The van der Waals surface area contributed by atoms with Gasteiger partial charge in [0.25, 0.3) is 0 Å². The summed E-state index contributed by atoms with van der Waals surface area (Å²) in [5.41, 5.74) is 3.44. The van der Waals surface area contributed by atoms with Crippen LogP contribution in [0.3, 0.4) is 0 Å². The number of amides is 3. The van der Waals surface area contributed by atoms with Crippen LogP contribution in [0.15, 0.2) is 18.2 Å². The number of benzene rings is 1. The molecule has 2 heterocycles. The minimum atomic E-state index is -0.921. The van der Waals surface area contributed by atoms with Crippen molar-refractivity contribution in [1.29, 1.82) is 0 Å². The minimum Gasteiger partial charge on any atom is -0.449 e. The second-order valence-corrected chi connectivity index (χ2v) is 11.5. The summed E-state index contributed by atoms with van der Waals surface area (Å²) in [7, 11) is 0. The molecule has 1 aromatic carbocycles. The zero-order chi connectivity index (χ0) is 23.6. The predicted molar refractivity (Wildman–Crippen MR) is 119 cm³/mol. The van der Waals surface area contributed by atoms with Crippen LogP contribution in [-0.2, 0) is 27.4 Å². The summed E-state index contributed by atoms with van der Waals surface area (Å²) < 4.78 is 5.52. The lowest BCUT2D eigenvalue weighted by Crippen LogP contribution is -2.68. The van der Waals surface area contributed by atoms with Gasteiger partial charge in [0.15, 0.2) is 0 Å². The maximum atomic E-state index is 12.3. The molecule has 3 saturated carbocycles. The zero-order valence-corrected chi connectivity index (χ0v) is 19.6. The van der Waals surface area contributed by atoms with Crippen molar-refractivity contribution in [2.45, 2.75) is 78.2 Å². The SMILES string of the molecule is CC(C)(C)C12CC(COC(=O)NCc3ccc4c(c3)C(O)N(C3CCC(=O)NC3=O)C4)(C1)C2. The fourth-order valence-electron chi connectivity index (χ4n) is 6.27. The molecule has 0 spiro atoms. The van der Waals surface area contributed by atoms with Gasteiger partial charge < -0.3 is 15.2 Å². The topological polar surface area (TPSA) is 108 Å². The lowest BCUT2D eigenvalue weighted by molar-refractivity contribution is -0.272. The molecule has 4 fully saturated rings. The molecule has 178 valence electrons. The van der Waals surface area contributed by atoms with Crippen LogP contribution >= 0.6 is 0 Å². The number of carbonyl (C=O) groups is 3. The molecule has 0 radical (unpaired) electrons.